The zero-order valence-electron chi connectivity index (χ0n) is 11.6. The predicted octanol–water partition coefficient (Wildman–Crippen LogP) is 2.70. The first-order valence-electron chi connectivity index (χ1n) is 6.70. The Bertz CT molecular complexity index is 845. The van der Waals surface area contributed by atoms with Crippen molar-refractivity contribution < 1.29 is 9.90 Å². The van der Waals surface area contributed by atoms with Crippen molar-refractivity contribution in [3.63, 3.8) is 0 Å². The number of pyridine rings is 1. The van der Waals surface area contributed by atoms with Gasteiger partial charge in [0.1, 0.15) is 5.75 Å². The summed E-state index contributed by atoms with van der Waals surface area (Å²) in [5.41, 5.74) is 3.19. The molecule has 0 aliphatic rings. The second-order valence-corrected chi connectivity index (χ2v) is 4.67. The SMILES string of the molecule is O=C(N/N=C/c1ccccn1)c1cc2ccccc2cc1O. The van der Waals surface area contributed by atoms with E-state index >= 15 is 0 Å². The molecule has 5 nitrogen and oxygen atoms in total. The molecule has 108 valence electrons. The molecule has 0 fully saturated rings. The molecule has 2 N–H and O–H groups in total. The van der Waals surface area contributed by atoms with E-state index in [1.54, 1.807) is 30.5 Å². The molecule has 0 bridgehead atoms. The number of phenols is 1. The number of aromatic nitrogens is 1. The van der Waals surface area contributed by atoms with Gasteiger partial charge in [0.15, 0.2) is 0 Å². The van der Waals surface area contributed by atoms with Crippen molar-refractivity contribution in [3.8, 4) is 5.75 Å². The number of hydrogen-bond donors (Lipinski definition) is 2. The molecule has 0 spiro atoms. The largest absolute Gasteiger partial charge is 0.507 e. The Balaban J connectivity index is 1.80. The lowest BCUT2D eigenvalue weighted by Gasteiger charge is -2.05. The molecule has 1 heterocycles. The van der Waals surface area contributed by atoms with Gasteiger partial charge in [0.05, 0.1) is 17.5 Å². The van der Waals surface area contributed by atoms with Crippen LogP contribution in [-0.4, -0.2) is 22.2 Å². The Labute approximate surface area is 126 Å². The van der Waals surface area contributed by atoms with Crippen molar-refractivity contribution in [3.05, 3.63) is 72.1 Å². The molecule has 0 atom stereocenters. The third-order valence-electron chi connectivity index (χ3n) is 3.16. The van der Waals surface area contributed by atoms with Crippen LogP contribution in [0.4, 0.5) is 0 Å². The molecular formula is C17H13N3O2. The number of carbonyl (C=O) groups is 1. The third kappa shape index (κ3) is 2.93. The zero-order chi connectivity index (χ0) is 15.4. The standard InChI is InChI=1S/C17H13N3O2/c21-16-10-13-6-2-1-5-12(13)9-15(16)17(22)20-19-11-14-7-3-4-8-18-14/h1-11,21H,(H,20,22)/b19-11+. The van der Waals surface area contributed by atoms with Crippen LogP contribution in [0.3, 0.4) is 0 Å². The van der Waals surface area contributed by atoms with E-state index in [4.69, 9.17) is 0 Å². The van der Waals surface area contributed by atoms with Crippen molar-refractivity contribution in [1.29, 1.82) is 0 Å². The van der Waals surface area contributed by atoms with Crippen molar-refractivity contribution in [2.45, 2.75) is 0 Å². The zero-order valence-corrected chi connectivity index (χ0v) is 11.6. The number of rotatable bonds is 3. The Morgan fingerprint density at radius 1 is 1.09 bits per heavy atom. The maximum atomic E-state index is 12.1. The van der Waals surface area contributed by atoms with Crippen molar-refractivity contribution in [2.24, 2.45) is 5.10 Å². The summed E-state index contributed by atoms with van der Waals surface area (Å²) < 4.78 is 0. The molecule has 5 heteroatoms. The van der Waals surface area contributed by atoms with E-state index in [0.29, 0.717) is 5.69 Å². The first-order chi connectivity index (χ1) is 10.7. The molecule has 0 aliphatic carbocycles. The average molecular weight is 291 g/mol. The van der Waals surface area contributed by atoms with Crippen molar-refractivity contribution in [2.75, 3.05) is 0 Å². The summed E-state index contributed by atoms with van der Waals surface area (Å²) in [6.07, 6.45) is 3.08. The van der Waals surface area contributed by atoms with Gasteiger partial charge in [0.25, 0.3) is 5.91 Å². The fourth-order valence-corrected chi connectivity index (χ4v) is 2.08. The molecule has 1 aromatic heterocycles. The van der Waals surface area contributed by atoms with E-state index < -0.39 is 5.91 Å². The first-order valence-corrected chi connectivity index (χ1v) is 6.70. The lowest BCUT2D eigenvalue weighted by Crippen LogP contribution is -2.17. The number of hydrogen-bond acceptors (Lipinski definition) is 4. The van der Waals surface area contributed by atoms with Crippen LogP contribution in [0.2, 0.25) is 0 Å². The predicted molar refractivity (Wildman–Crippen MR) is 84.9 cm³/mol. The minimum absolute atomic E-state index is 0.0794. The molecule has 0 aliphatic heterocycles. The lowest BCUT2D eigenvalue weighted by molar-refractivity contribution is 0.0952. The van der Waals surface area contributed by atoms with E-state index in [1.807, 2.05) is 30.3 Å². The van der Waals surface area contributed by atoms with Gasteiger partial charge in [-0.05, 0) is 35.0 Å². The third-order valence-corrected chi connectivity index (χ3v) is 3.16. The van der Waals surface area contributed by atoms with E-state index in [1.165, 1.54) is 6.21 Å². The van der Waals surface area contributed by atoms with Gasteiger partial charge in [-0.3, -0.25) is 9.78 Å². The number of carbonyl (C=O) groups excluding carboxylic acids is 1. The summed E-state index contributed by atoms with van der Waals surface area (Å²) in [7, 11) is 0. The highest BCUT2D eigenvalue weighted by atomic mass is 16.3. The summed E-state index contributed by atoms with van der Waals surface area (Å²) in [4.78, 5) is 16.2. The van der Waals surface area contributed by atoms with Crippen LogP contribution < -0.4 is 5.43 Å². The van der Waals surface area contributed by atoms with Crippen LogP contribution >= 0.6 is 0 Å². The lowest BCUT2D eigenvalue weighted by atomic mass is 10.1. The van der Waals surface area contributed by atoms with Gasteiger partial charge < -0.3 is 5.11 Å². The molecule has 0 radical (unpaired) electrons. The van der Waals surface area contributed by atoms with Crippen LogP contribution in [0.5, 0.6) is 5.75 Å². The highest BCUT2D eigenvalue weighted by Gasteiger charge is 2.11. The Kier molecular flexibility index (Phi) is 3.78. The Morgan fingerprint density at radius 2 is 1.82 bits per heavy atom. The van der Waals surface area contributed by atoms with Crippen molar-refractivity contribution >= 4 is 22.9 Å². The van der Waals surface area contributed by atoms with Gasteiger partial charge >= 0.3 is 0 Å². The highest BCUT2D eigenvalue weighted by Crippen LogP contribution is 2.24. The molecule has 2 aromatic carbocycles. The summed E-state index contributed by atoms with van der Waals surface area (Å²) >= 11 is 0. The van der Waals surface area contributed by atoms with Crippen LogP contribution in [0.15, 0.2) is 65.9 Å². The number of benzene rings is 2. The molecular weight excluding hydrogens is 278 g/mol. The number of nitrogens with one attached hydrogen (secondary N) is 1. The molecule has 0 saturated carbocycles. The van der Waals surface area contributed by atoms with Gasteiger partial charge in [-0.15, -0.1) is 0 Å². The second-order valence-electron chi connectivity index (χ2n) is 4.67. The quantitative estimate of drug-likeness (QED) is 0.575. The minimum Gasteiger partial charge on any atom is -0.507 e. The number of phenolic OH excluding ortho intramolecular Hbond substituents is 1. The summed E-state index contributed by atoms with van der Waals surface area (Å²) in [5.74, 6) is -0.556. The van der Waals surface area contributed by atoms with E-state index in [-0.39, 0.29) is 11.3 Å². The fourth-order valence-electron chi connectivity index (χ4n) is 2.08. The monoisotopic (exact) mass is 291 g/mol. The van der Waals surface area contributed by atoms with Gasteiger partial charge in [0, 0.05) is 6.20 Å². The smallest absolute Gasteiger partial charge is 0.275 e. The topological polar surface area (TPSA) is 74.6 Å². The minimum atomic E-state index is -0.476. The summed E-state index contributed by atoms with van der Waals surface area (Å²) in [5, 5.41) is 15.6. The van der Waals surface area contributed by atoms with Crippen LogP contribution in [-0.2, 0) is 0 Å². The molecule has 1 amide bonds. The normalized spacial score (nSPS) is 10.9. The maximum absolute atomic E-state index is 12.1. The summed E-state index contributed by atoms with van der Waals surface area (Å²) in [6.45, 7) is 0. The number of nitrogens with zero attached hydrogens (tertiary/aromatic N) is 2. The van der Waals surface area contributed by atoms with Crippen LogP contribution in [0.25, 0.3) is 10.8 Å². The molecule has 22 heavy (non-hydrogen) atoms. The first kappa shape index (κ1) is 13.8. The Morgan fingerprint density at radius 3 is 2.55 bits per heavy atom. The number of hydrazone groups is 1. The molecule has 0 unspecified atom stereocenters. The van der Waals surface area contributed by atoms with Crippen LogP contribution in [0, 0.1) is 0 Å². The molecule has 0 saturated heterocycles. The van der Waals surface area contributed by atoms with E-state index in [9.17, 15) is 9.90 Å². The average Bonchev–Trinajstić information content (AvgIpc) is 2.55. The van der Waals surface area contributed by atoms with Gasteiger partial charge in [-0.25, -0.2) is 5.43 Å². The van der Waals surface area contributed by atoms with Crippen molar-refractivity contribution in [1.82, 2.24) is 10.4 Å². The number of fused-ring (bicyclic) bond motifs is 1. The highest BCUT2D eigenvalue weighted by molar-refractivity contribution is 6.01. The molecule has 3 rings (SSSR count). The number of amides is 1. The second kappa shape index (κ2) is 6.05. The maximum Gasteiger partial charge on any atom is 0.275 e. The summed E-state index contributed by atoms with van der Waals surface area (Å²) in [6, 6.07) is 16.1. The van der Waals surface area contributed by atoms with Gasteiger partial charge in [-0.1, -0.05) is 30.3 Å². The fraction of sp³-hybridized carbons (Fsp3) is 0. The van der Waals surface area contributed by atoms with E-state index in [2.05, 4.69) is 15.5 Å². The number of aromatic hydroxyl groups is 1. The van der Waals surface area contributed by atoms with Gasteiger partial charge in [0.2, 0.25) is 0 Å². The van der Waals surface area contributed by atoms with Crippen LogP contribution in [0.1, 0.15) is 16.1 Å². The van der Waals surface area contributed by atoms with E-state index in [0.717, 1.165) is 10.8 Å². The van der Waals surface area contributed by atoms with Gasteiger partial charge in [-0.2, -0.15) is 5.10 Å². The molecule has 3 aromatic rings. The Hall–Kier alpha value is -3.21.